The third-order valence-corrected chi connectivity index (χ3v) is 2.94. The highest BCUT2D eigenvalue weighted by Crippen LogP contribution is 2.32. The van der Waals surface area contributed by atoms with Gasteiger partial charge in [0.1, 0.15) is 6.07 Å². The SMILES string of the molecule is CCCN(c1ccc(N)c(C#N)c1)C1CC1. The monoisotopic (exact) mass is 215 g/mol. The molecule has 16 heavy (non-hydrogen) atoms. The lowest BCUT2D eigenvalue weighted by molar-refractivity contribution is 0.763. The number of rotatable bonds is 4. The summed E-state index contributed by atoms with van der Waals surface area (Å²) >= 11 is 0. The molecule has 0 bridgehead atoms. The van der Waals surface area contributed by atoms with Crippen LogP contribution in [0.4, 0.5) is 11.4 Å². The Labute approximate surface area is 96.5 Å². The van der Waals surface area contributed by atoms with Crippen molar-refractivity contribution in [2.24, 2.45) is 0 Å². The number of nitrogens with two attached hydrogens (primary N) is 1. The number of benzene rings is 1. The van der Waals surface area contributed by atoms with Gasteiger partial charge in [0.05, 0.1) is 5.56 Å². The van der Waals surface area contributed by atoms with E-state index < -0.39 is 0 Å². The van der Waals surface area contributed by atoms with E-state index in [2.05, 4.69) is 17.9 Å². The third-order valence-electron chi connectivity index (χ3n) is 2.94. The first-order valence-electron chi connectivity index (χ1n) is 5.82. The predicted molar refractivity (Wildman–Crippen MR) is 66.2 cm³/mol. The smallest absolute Gasteiger partial charge is 0.101 e. The van der Waals surface area contributed by atoms with Crippen LogP contribution in [0.1, 0.15) is 31.7 Å². The van der Waals surface area contributed by atoms with Crippen molar-refractivity contribution in [1.29, 1.82) is 5.26 Å². The summed E-state index contributed by atoms with van der Waals surface area (Å²) in [5, 5.41) is 8.96. The summed E-state index contributed by atoms with van der Waals surface area (Å²) in [6.07, 6.45) is 3.67. The summed E-state index contributed by atoms with van der Waals surface area (Å²) in [5.74, 6) is 0. The molecule has 1 aliphatic carbocycles. The Kier molecular flexibility index (Phi) is 3.00. The molecule has 2 N–H and O–H groups in total. The Hall–Kier alpha value is -1.69. The molecule has 1 aromatic rings. The summed E-state index contributed by atoms with van der Waals surface area (Å²) < 4.78 is 0. The van der Waals surface area contributed by atoms with Crippen molar-refractivity contribution in [1.82, 2.24) is 0 Å². The van der Waals surface area contributed by atoms with Crippen LogP contribution < -0.4 is 10.6 Å². The maximum absolute atomic E-state index is 8.96. The fourth-order valence-corrected chi connectivity index (χ4v) is 1.97. The van der Waals surface area contributed by atoms with Gasteiger partial charge < -0.3 is 10.6 Å². The molecule has 1 aliphatic rings. The quantitative estimate of drug-likeness (QED) is 0.785. The molecule has 3 nitrogen and oxygen atoms in total. The Morgan fingerprint density at radius 2 is 2.25 bits per heavy atom. The fourth-order valence-electron chi connectivity index (χ4n) is 1.97. The molecule has 0 unspecified atom stereocenters. The van der Waals surface area contributed by atoms with Gasteiger partial charge in [0.25, 0.3) is 0 Å². The summed E-state index contributed by atoms with van der Waals surface area (Å²) in [5.41, 5.74) is 8.01. The van der Waals surface area contributed by atoms with Gasteiger partial charge in [-0.2, -0.15) is 5.26 Å². The van der Waals surface area contributed by atoms with E-state index in [0.29, 0.717) is 17.3 Å². The first-order chi connectivity index (χ1) is 7.76. The lowest BCUT2D eigenvalue weighted by atomic mass is 10.1. The molecule has 84 valence electrons. The lowest BCUT2D eigenvalue weighted by Crippen LogP contribution is -2.26. The Morgan fingerprint density at radius 3 is 2.81 bits per heavy atom. The normalized spacial score (nSPS) is 14.5. The Bertz CT molecular complexity index is 416. The van der Waals surface area contributed by atoms with E-state index in [1.165, 1.54) is 12.8 Å². The number of nitriles is 1. The van der Waals surface area contributed by atoms with Crippen LogP contribution in [-0.4, -0.2) is 12.6 Å². The van der Waals surface area contributed by atoms with Crippen molar-refractivity contribution in [3.63, 3.8) is 0 Å². The molecule has 0 heterocycles. The van der Waals surface area contributed by atoms with Crippen molar-refractivity contribution in [3.8, 4) is 6.07 Å². The number of nitrogen functional groups attached to an aromatic ring is 1. The largest absolute Gasteiger partial charge is 0.398 e. The molecule has 0 aliphatic heterocycles. The summed E-state index contributed by atoms with van der Waals surface area (Å²) in [6.45, 7) is 3.23. The number of nitrogens with zero attached hydrogens (tertiary/aromatic N) is 2. The van der Waals surface area contributed by atoms with Gasteiger partial charge in [0.2, 0.25) is 0 Å². The van der Waals surface area contributed by atoms with Gasteiger partial charge in [-0.25, -0.2) is 0 Å². The second kappa shape index (κ2) is 4.44. The maximum Gasteiger partial charge on any atom is 0.101 e. The van der Waals surface area contributed by atoms with Crippen molar-refractivity contribution < 1.29 is 0 Å². The molecule has 0 radical (unpaired) electrons. The highest BCUT2D eigenvalue weighted by Gasteiger charge is 2.28. The molecular weight excluding hydrogens is 198 g/mol. The summed E-state index contributed by atoms with van der Waals surface area (Å²) in [7, 11) is 0. The maximum atomic E-state index is 8.96. The van der Waals surface area contributed by atoms with Crippen LogP contribution >= 0.6 is 0 Å². The first-order valence-corrected chi connectivity index (χ1v) is 5.82. The van der Waals surface area contributed by atoms with Crippen LogP contribution in [0.5, 0.6) is 0 Å². The third kappa shape index (κ3) is 2.11. The molecule has 0 amide bonds. The zero-order chi connectivity index (χ0) is 11.5. The molecule has 0 atom stereocenters. The minimum absolute atomic E-state index is 0.568. The van der Waals surface area contributed by atoms with E-state index in [9.17, 15) is 0 Å². The molecule has 1 saturated carbocycles. The number of hydrogen-bond donors (Lipinski definition) is 1. The minimum atomic E-state index is 0.568. The standard InChI is InChI=1S/C13H17N3/c1-2-7-16(11-3-4-11)12-5-6-13(15)10(8-12)9-14/h5-6,8,11H,2-4,7,15H2,1H3. The predicted octanol–water partition coefficient (Wildman–Crippen LogP) is 2.52. The average Bonchev–Trinajstić information content (AvgIpc) is 3.11. The highest BCUT2D eigenvalue weighted by atomic mass is 15.2. The highest BCUT2D eigenvalue weighted by molar-refractivity contribution is 5.63. The van der Waals surface area contributed by atoms with Crippen molar-refractivity contribution in [3.05, 3.63) is 23.8 Å². The Morgan fingerprint density at radius 1 is 1.50 bits per heavy atom. The van der Waals surface area contributed by atoms with Crippen LogP contribution in [0.15, 0.2) is 18.2 Å². The molecule has 1 fully saturated rings. The van der Waals surface area contributed by atoms with Crippen LogP contribution in [0.2, 0.25) is 0 Å². The Balaban J connectivity index is 2.27. The van der Waals surface area contributed by atoms with E-state index in [1.54, 1.807) is 0 Å². The minimum Gasteiger partial charge on any atom is -0.398 e. The van der Waals surface area contributed by atoms with E-state index in [0.717, 1.165) is 18.7 Å². The zero-order valence-corrected chi connectivity index (χ0v) is 9.61. The molecule has 1 aromatic carbocycles. The van der Waals surface area contributed by atoms with Crippen LogP contribution in [-0.2, 0) is 0 Å². The first kappa shape index (κ1) is 10.8. The van der Waals surface area contributed by atoms with E-state index in [1.807, 2.05) is 18.2 Å². The van der Waals surface area contributed by atoms with E-state index >= 15 is 0 Å². The molecule has 0 aromatic heterocycles. The molecule has 2 rings (SSSR count). The van der Waals surface area contributed by atoms with E-state index in [4.69, 9.17) is 11.0 Å². The van der Waals surface area contributed by atoms with Gasteiger partial charge in [0, 0.05) is 24.0 Å². The number of hydrogen-bond acceptors (Lipinski definition) is 3. The van der Waals surface area contributed by atoms with Gasteiger partial charge in [-0.3, -0.25) is 0 Å². The summed E-state index contributed by atoms with van der Waals surface area (Å²) in [4.78, 5) is 2.39. The fraction of sp³-hybridized carbons (Fsp3) is 0.462. The lowest BCUT2D eigenvalue weighted by Gasteiger charge is -2.24. The van der Waals surface area contributed by atoms with E-state index in [-0.39, 0.29) is 0 Å². The van der Waals surface area contributed by atoms with Crippen LogP contribution in [0.25, 0.3) is 0 Å². The van der Waals surface area contributed by atoms with Crippen molar-refractivity contribution in [2.75, 3.05) is 17.2 Å². The van der Waals surface area contributed by atoms with Gasteiger partial charge in [0.15, 0.2) is 0 Å². The summed E-state index contributed by atoms with van der Waals surface area (Å²) in [6, 6.07) is 8.57. The average molecular weight is 215 g/mol. The van der Waals surface area contributed by atoms with Crippen molar-refractivity contribution >= 4 is 11.4 Å². The van der Waals surface area contributed by atoms with Crippen molar-refractivity contribution in [2.45, 2.75) is 32.2 Å². The van der Waals surface area contributed by atoms with Crippen LogP contribution in [0.3, 0.4) is 0 Å². The second-order valence-corrected chi connectivity index (χ2v) is 4.31. The molecule has 0 saturated heterocycles. The second-order valence-electron chi connectivity index (χ2n) is 4.31. The molecular formula is C13H17N3. The van der Waals surface area contributed by atoms with Crippen LogP contribution in [0, 0.1) is 11.3 Å². The zero-order valence-electron chi connectivity index (χ0n) is 9.61. The number of anilines is 2. The van der Waals surface area contributed by atoms with Gasteiger partial charge >= 0.3 is 0 Å². The molecule has 0 spiro atoms. The topological polar surface area (TPSA) is 53.0 Å². The van der Waals surface area contributed by atoms with Gasteiger partial charge in [-0.1, -0.05) is 6.92 Å². The van der Waals surface area contributed by atoms with Gasteiger partial charge in [-0.05, 0) is 37.5 Å². The molecule has 3 heteroatoms. The van der Waals surface area contributed by atoms with Gasteiger partial charge in [-0.15, -0.1) is 0 Å².